The van der Waals surface area contributed by atoms with Gasteiger partial charge in [0, 0.05) is 24.2 Å². The highest BCUT2D eigenvalue weighted by molar-refractivity contribution is 5.08. The third kappa shape index (κ3) is 1.72. The molecule has 1 rings (SSSR count). The molecule has 0 unspecified atom stereocenters. The minimum absolute atomic E-state index is 0.453. The Kier molecular flexibility index (Phi) is 1.76. The van der Waals surface area contributed by atoms with E-state index in [4.69, 9.17) is 5.73 Å². The molecule has 0 saturated heterocycles. The monoisotopic (exact) mass is 126 g/mol. The molecule has 0 fully saturated rings. The first kappa shape index (κ1) is 6.62. The molecular formula is C7H14N2. The zero-order chi connectivity index (χ0) is 6.85. The van der Waals surface area contributed by atoms with Crippen molar-refractivity contribution in [2.75, 3.05) is 0 Å². The van der Waals surface area contributed by atoms with Gasteiger partial charge < -0.3 is 11.1 Å². The van der Waals surface area contributed by atoms with Crippen molar-refractivity contribution in [3.05, 3.63) is 11.8 Å². The van der Waals surface area contributed by atoms with Gasteiger partial charge in [0.1, 0.15) is 0 Å². The van der Waals surface area contributed by atoms with Crippen LogP contribution in [0.1, 0.15) is 20.3 Å². The molecule has 3 N–H and O–H groups in total. The number of rotatable bonds is 0. The largest absolute Gasteiger partial charge is 0.402 e. The van der Waals surface area contributed by atoms with E-state index in [1.165, 1.54) is 0 Å². The zero-order valence-corrected chi connectivity index (χ0v) is 6.02. The topological polar surface area (TPSA) is 38.0 Å². The van der Waals surface area contributed by atoms with Crippen molar-refractivity contribution >= 4 is 0 Å². The molecule has 0 bridgehead atoms. The first-order valence-electron chi connectivity index (χ1n) is 3.40. The minimum Gasteiger partial charge on any atom is -0.402 e. The lowest BCUT2D eigenvalue weighted by molar-refractivity contribution is 0.483. The van der Waals surface area contributed by atoms with Gasteiger partial charge in [0.25, 0.3) is 0 Å². The molecule has 0 aromatic carbocycles. The maximum absolute atomic E-state index is 5.64. The molecule has 0 aromatic heterocycles. The Bertz CT molecular complexity index is 129. The van der Waals surface area contributed by atoms with Crippen LogP contribution in [0.3, 0.4) is 0 Å². The second-order valence-corrected chi connectivity index (χ2v) is 2.80. The summed E-state index contributed by atoms with van der Waals surface area (Å²) >= 11 is 0. The van der Waals surface area contributed by atoms with Gasteiger partial charge in [-0.15, -0.1) is 0 Å². The summed E-state index contributed by atoms with van der Waals surface area (Å²) in [6.45, 7) is 4.26. The number of nitrogens with one attached hydrogen (secondary N) is 1. The third-order valence-corrected chi connectivity index (χ3v) is 1.55. The Balaban J connectivity index is 2.56. The van der Waals surface area contributed by atoms with Crippen LogP contribution in [0.25, 0.3) is 0 Å². The Labute approximate surface area is 56.1 Å². The maximum atomic E-state index is 5.64. The molecule has 1 aliphatic rings. The summed E-state index contributed by atoms with van der Waals surface area (Å²) in [4.78, 5) is 0. The average molecular weight is 126 g/mol. The van der Waals surface area contributed by atoms with Crippen molar-refractivity contribution in [2.45, 2.75) is 32.4 Å². The second-order valence-electron chi connectivity index (χ2n) is 2.80. The fraction of sp³-hybridized carbons (Fsp3) is 0.714. The van der Waals surface area contributed by atoms with E-state index in [9.17, 15) is 0 Å². The summed E-state index contributed by atoms with van der Waals surface area (Å²) in [6.07, 6.45) is 3.06. The summed E-state index contributed by atoms with van der Waals surface area (Å²) < 4.78 is 0. The number of hydrogen-bond acceptors (Lipinski definition) is 2. The molecule has 2 heteroatoms. The van der Waals surface area contributed by atoms with E-state index in [0.717, 1.165) is 12.1 Å². The number of nitrogens with two attached hydrogens (primary N) is 1. The van der Waals surface area contributed by atoms with Crippen LogP contribution in [0.4, 0.5) is 0 Å². The van der Waals surface area contributed by atoms with Gasteiger partial charge in [-0.05, 0) is 19.9 Å². The smallest absolute Gasteiger partial charge is 0.0243 e. The quantitative estimate of drug-likeness (QED) is 0.499. The highest BCUT2D eigenvalue weighted by Crippen LogP contribution is 2.07. The minimum atomic E-state index is 0.453. The van der Waals surface area contributed by atoms with Gasteiger partial charge in [0.05, 0.1) is 0 Å². The molecule has 0 amide bonds. The summed E-state index contributed by atoms with van der Waals surface area (Å²) in [5, 5.41) is 3.35. The lowest BCUT2D eigenvalue weighted by Gasteiger charge is -2.23. The molecular weight excluding hydrogens is 112 g/mol. The SMILES string of the molecule is C[C@H]1C=C(N)C[C@H](C)N1. The fourth-order valence-electron chi connectivity index (χ4n) is 1.30. The first-order chi connectivity index (χ1) is 4.18. The van der Waals surface area contributed by atoms with Crippen LogP contribution >= 0.6 is 0 Å². The maximum Gasteiger partial charge on any atom is 0.0243 e. The molecule has 0 aliphatic carbocycles. The van der Waals surface area contributed by atoms with Crippen molar-refractivity contribution in [2.24, 2.45) is 5.73 Å². The van der Waals surface area contributed by atoms with Crippen molar-refractivity contribution in [3.8, 4) is 0 Å². The van der Waals surface area contributed by atoms with Gasteiger partial charge >= 0.3 is 0 Å². The van der Waals surface area contributed by atoms with E-state index < -0.39 is 0 Å². The van der Waals surface area contributed by atoms with Crippen LogP contribution in [-0.2, 0) is 0 Å². The summed E-state index contributed by atoms with van der Waals surface area (Å²) in [7, 11) is 0. The lowest BCUT2D eigenvalue weighted by Crippen LogP contribution is -2.38. The Hall–Kier alpha value is -0.500. The van der Waals surface area contributed by atoms with Gasteiger partial charge in [-0.25, -0.2) is 0 Å². The molecule has 0 radical (unpaired) electrons. The van der Waals surface area contributed by atoms with Gasteiger partial charge in [0.2, 0.25) is 0 Å². The van der Waals surface area contributed by atoms with E-state index in [2.05, 4.69) is 25.2 Å². The van der Waals surface area contributed by atoms with Crippen LogP contribution in [0.5, 0.6) is 0 Å². The molecule has 9 heavy (non-hydrogen) atoms. The van der Waals surface area contributed by atoms with Gasteiger partial charge in [-0.1, -0.05) is 0 Å². The predicted octanol–water partition coefficient (Wildman–Crippen LogP) is 0.599. The highest BCUT2D eigenvalue weighted by atomic mass is 14.9. The normalized spacial score (nSPS) is 36.0. The van der Waals surface area contributed by atoms with Gasteiger partial charge in [0.15, 0.2) is 0 Å². The summed E-state index contributed by atoms with van der Waals surface area (Å²) in [6, 6.07) is 0.999. The molecule has 0 saturated carbocycles. The van der Waals surface area contributed by atoms with Crippen LogP contribution in [0.2, 0.25) is 0 Å². The van der Waals surface area contributed by atoms with Crippen LogP contribution in [0.15, 0.2) is 11.8 Å². The number of hydrogen-bond donors (Lipinski definition) is 2. The molecule has 0 aromatic rings. The standard InChI is InChI=1S/C7H14N2/c1-5-3-7(8)4-6(2)9-5/h3,5-6,9H,4,8H2,1-2H3/t5-,6-/m0/s1. The Morgan fingerprint density at radius 2 is 2.33 bits per heavy atom. The Morgan fingerprint density at radius 1 is 1.67 bits per heavy atom. The van der Waals surface area contributed by atoms with Crippen molar-refractivity contribution in [1.29, 1.82) is 0 Å². The van der Waals surface area contributed by atoms with Crippen LogP contribution < -0.4 is 11.1 Å². The average Bonchev–Trinajstić information content (AvgIpc) is 1.59. The molecule has 0 spiro atoms. The summed E-state index contributed by atoms with van der Waals surface area (Å²) in [5.41, 5.74) is 6.66. The van der Waals surface area contributed by atoms with Crippen molar-refractivity contribution in [1.82, 2.24) is 5.32 Å². The van der Waals surface area contributed by atoms with Crippen molar-refractivity contribution < 1.29 is 0 Å². The van der Waals surface area contributed by atoms with E-state index in [0.29, 0.717) is 12.1 Å². The van der Waals surface area contributed by atoms with Crippen LogP contribution in [-0.4, -0.2) is 12.1 Å². The van der Waals surface area contributed by atoms with E-state index in [1.54, 1.807) is 0 Å². The highest BCUT2D eigenvalue weighted by Gasteiger charge is 2.11. The third-order valence-electron chi connectivity index (χ3n) is 1.55. The molecule has 1 heterocycles. The van der Waals surface area contributed by atoms with E-state index in [-0.39, 0.29) is 0 Å². The fourth-order valence-corrected chi connectivity index (χ4v) is 1.30. The van der Waals surface area contributed by atoms with Gasteiger partial charge in [-0.3, -0.25) is 0 Å². The van der Waals surface area contributed by atoms with Crippen molar-refractivity contribution in [3.63, 3.8) is 0 Å². The second kappa shape index (κ2) is 2.40. The Morgan fingerprint density at radius 3 is 2.78 bits per heavy atom. The summed E-state index contributed by atoms with van der Waals surface area (Å²) in [5.74, 6) is 0. The molecule has 2 nitrogen and oxygen atoms in total. The van der Waals surface area contributed by atoms with E-state index >= 15 is 0 Å². The lowest BCUT2D eigenvalue weighted by atomic mass is 10.1. The molecule has 52 valence electrons. The predicted molar refractivity (Wildman–Crippen MR) is 38.9 cm³/mol. The van der Waals surface area contributed by atoms with Gasteiger partial charge in [-0.2, -0.15) is 0 Å². The molecule has 2 atom stereocenters. The van der Waals surface area contributed by atoms with Crippen LogP contribution in [0, 0.1) is 0 Å². The molecule has 1 aliphatic heterocycles. The zero-order valence-electron chi connectivity index (χ0n) is 6.02. The first-order valence-corrected chi connectivity index (χ1v) is 3.40. The van der Waals surface area contributed by atoms with E-state index in [1.807, 2.05) is 0 Å².